The van der Waals surface area contributed by atoms with Gasteiger partial charge in [-0.25, -0.2) is 8.42 Å². The fourth-order valence-electron chi connectivity index (χ4n) is 4.86. The predicted octanol–water partition coefficient (Wildman–Crippen LogP) is 9.40. The molecule has 0 fully saturated rings. The van der Waals surface area contributed by atoms with E-state index < -0.39 is 9.84 Å². The topological polar surface area (TPSA) is 52.6 Å². The van der Waals surface area contributed by atoms with E-state index in [1.165, 1.54) is 24.3 Å². The van der Waals surface area contributed by atoms with E-state index in [4.69, 9.17) is 22.3 Å². The Balaban J connectivity index is 1.20. The van der Waals surface area contributed by atoms with Crippen molar-refractivity contribution in [1.82, 2.24) is 0 Å². The van der Waals surface area contributed by atoms with E-state index in [-0.39, 0.29) is 9.79 Å². The molecule has 0 N–H and O–H groups in total. The summed E-state index contributed by atoms with van der Waals surface area (Å²) >= 11 is 0. The van der Waals surface area contributed by atoms with Crippen molar-refractivity contribution in [2.24, 2.45) is 0 Å². The summed E-state index contributed by atoms with van der Waals surface area (Å²) < 4.78 is 39.1. The molecule has 0 spiro atoms. The number of hydrogen-bond acceptors (Lipinski definition) is 4. The molecule has 0 aromatic heterocycles. The van der Waals surface area contributed by atoms with Gasteiger partial charge >= 0.3 is 0 Å². The minimum Gasteiger partial charge on any atom is -0.457 e. The third kappa shape index (κ3) is 6.50. The third-order valence-corrected chi connectivity index (χ3v) is 8.93. The van der Waals surface area contributed by atoms with Crippen LogP contribution in [0.1, 0.15) is 11.1 Å². The summed E-state index contributed by atoms with van der Waals surface area (Å²) in [4.78, 5) is 0.283. The molecule has 0 aliphatic heterocycles. The van der Waals surface area contributed by atoms with Crippen molar-refractivity contribution >= 4 is 9.84 Å². The minimum absolute atomic E-state index is 0.141. The van der Waals surface area contributed by atoms with Gasteiger partial charge in [-0.05, 0) is 102 Å². The lowest BCUT2D eigenvalue weighted by Crippen LogP contribution is -2.02. The summed E-state index contributed by atoms with van der Waals surface area (Å²) in [6.45, 7) is 0. The van der Waals surface area contributed by atoms with Crippen LogP contribution in [0, 0.1) is 24.7 Å². The summed E-state index contributed by atoms with van der Waals surface area (Å²) in [6, 6.07) is 43.4. The summed E-state index contributed by atoms with van der Waals surface area (Å²) in [6.07, 6.45) is 11.3. The predicted molar refractivity (Wildman–Crippen MR) is 178 cm³/mol. The van der Waals surface area contributed by atoms with E-state index in [9.17, 15) is 8.42 Å². The average molecular weight is 603 g/mol. The molecule has 0 radical (unpaired) electrons. The van der Waals surface area contributed by atoms with Crippen LogP contribution in [0.3, 0.4) is 0 Å². The molecular formula is C40H26O4S. The highest BCUT2D eigenvalue weighted by molar-refractivity contribution is 7.91. The molecule has 0 bridgehead atoms. The van der Waals surface area contributed by atoms with Crippen LogP contribution in [0.4, 0.5) is 0 Å². The van der Waals surface area contributed by atoms with Crippen molar-refractivity contribution in [3.8, 4) is 69.9 Å². The van der Waals surface area contributed by atoms with E-state index in [1.807, 2.05) is 91.0 Å². The number of terminal acetylenes is 2. The molecule has 0 amide bonds. The lowest BCUT2D eigenvalue weighted by Gasteiger charge is -2.13. The Morgan fingerprint density at radius 3 is 1.60 bits per heavy atom. The molecule has 6 aromatic rings. The smallest absolute Gasteiger partial charge is 0.206 e. The van der Waals surface area contributed by atoms with Crippen LogP contribution in [0.2, 0.25) is 0 Å². The van der Waals surface area contributed by atoms with Gasteiger partial charge in [0, 0.05) is 16.7 Å². The Morgan fingerprint density at radius 1 is 0.467 bits per heavy atom. The Bertz CT molecular complexity index is 2160. The van der Waals surface area contributed by atoms with Crippen molar-refractivity contribution in [2.75, 3.05) is 0 Å². The summed E-state index contributed by atoms with van der Waals surface area (Å²) in [5.41, 5.74) is 5.14. The van der Waals surface area contributed by atoms with Crippen LogP contribution in [-0.2, 0) is 9.84 Å². The standard InChI is InChI=1S/C40H26O4S/c1-3-29-15-24-40(39(27-29)32-13-9-6-10-14-32)44-35-18-22-38(23-19-35)45(41,42)37-20-16-34(17-21-37)43-36-26-30(4-2)25-33(28-36)31-11-7-5-8-12-31/h1-2,5-28H. The van der Waals surface area contributed by atoms with Crippen LogP contribution >= 0.6 is 0 Å². The molecule has 45 heavy (non-hydrogen) atoms. The molecule has 0 saturated heterocycles. The highest BCUT2D eigenvalue weighted by Crippen LogP contribution is 2.35. The van der Waals surface area contributed by atoms with Crippen LogP contribution < -0.4 is 9.47 Å². The first-order valence-electron chi connectivity index (χ1n) is 14.1. The molecule has 0 saturated carbocycles. The molecular weight excluding hydrogens is 577 g/mol. The maximum Gasteiger partial charge on any atom is 0.206 e. The van der Waals surface area contributed by atoms with Gasteiger partial charge in [0.15, 0.2) is 0 Å². The van der Waals surface area contributed by atoms with Gasteiger partial charge in [0.25, 0.3) is 0 Å². The fraction of sp³-hybridized carbons (Fsp3) is 0. The zero-order valence-electron chi connectivity index (χ0n) is 24.1. The Hall–Kier alpha value is -6.01. The lowest BCUT2D eigenvalue weighted by atomic mass is 10.0. The molecule has 0 unspecified atom stereocenters. The van der Waals surface area contributed by atoms with Crippen molar-refractivity contribution < 1.29 is 17.9 Å². The number of hydrogen-bond donors (Lipinski definition) is 0. The van der Waals surface area contributed by atoms with Crippen molar-refractivity contribution in [3.63, 3.8) is 0 Å². The van der Waals surface area contributed by atoms with E-state index >= 15 is 0 Å². The molecule has 0 heterocycles. The second-order valence-electron chi connectivity index (χ2n) is 10.1. The second-order valence-corrected chi connectivity index (χ2v) is 12.1. The number of ether oxygens (including phenoxy) is 2. The Labute approximate surface area is 263 Å². The zero-order valence-corrected chi connectivity index (χ0v) is 24.9. The maximum absolute atomic E-state index is 13.4. The highest BCUT2D eigenvalue weighted by Gasteiger charge is 2.18. The van der Waals surface area contributed by atoms with Gasteiger partial charge in [-0.1, -0.05) is 72.5 Å². The molecule has 6 aromatic carbocycles. The number of benzene rings is 6. The molecule has 4 nitrogen and oxygen atoms in total. The van der Waals surface area contributed by atoms with E-state index in [1.54, 1.807) is 30.3 Å². The first-order valence-corrected chi connectivity index (χ1v) is 15.6. The van der Waals surface area contributed by atoms with Crippen molar-refractivity contribution in [2.45, 2.75) is 9.79 Å². The van der Waals surface area contributed by atoms with Crippen LogP contribution in [0.5, 0.6) is 23.0 Å². The normalized spacial score (nSPS) is 10.8. The third-order valence-electron chi connectivity index (χ3n) is 7.14. The van der Waals surface area contributed by atoms with Crippen LogP contribution in [0.15, 0.2) is 155 Å². The van der Waals surface area contributed by atoms with Crippen molar-refractivity contribution in [1.29, 1.82) is 0 Å². The quantitative estimate of drug-likeness (QED) is 0.163. The molecule has 216 valence electrons. The molecule has 0 aliphatic carbocycles. The highest BCUT2D eigenvalue weighted by atomic mass is 32.2. The van der Waals surface area contributed by atoms with E-state index in [2.05, 4.69) is 11.8 Å². The summed E-state index contributed by atoms with van der Waals surface area (Å²) in [5, 5.41) is 0. The van der Waals surface area contributed by atoms with Gasteiger partial charge in [0.05, 0.1) is 9.79 Å². The van der Waals surface area contributed by atoms with Gasteiger partial charge in [-0.3, -0.25) is 0 Å². The average Bonchev–Trinajstić information content (AvgIpc) is 3.09. The van der Waals surface area contributed by atoms with Crippen LogP contribution in [-0.4, -0.2) is 8.42 Å². The first-order chi connectivity index (χ1) is 21.9. The Morgan fingerprint density at radius 2 is 1.02 bits per heavy atom. The number of rotatable bonds is 8. The molecule has 0 aliphatic rings. The maximum atomic E-state index is 13.4. The van der Waals surface area contributed by atoms with Gasteiger partial charge in [-0.2, -0.15) is 0 Å². The van der Waals surface area contributed by atoms with E-state index in [0.717, 1.165) is 27.8 Å². The van der Waals surface area contributed by atoms with Crippen molar-refractivity contribution in [3.05, 3.63) is 157 Å². The molecule has 0 atom stereocenters. The largest absolute Gasteiger partial charge is 0.457 e. The SMILES string of the molecule is C#Cc1cc(Oc2ccc(S(=O)(=O)c3ccc(Oc4ccc(C#C)cc4-c4ccccc4)cc3)cc2)cc(-c2ccccc2)c1. The van der Waals surface area contributed by atoms with Gasteiger partial charge < -0.3 is 9.47 Å². The molecule has 5 heteroatoms. The fourth-order valence-corrected chi connectivity index (χ4v) is 6.12. The van der Waals surface area contributed by atoms with Gasteiger partial charge in [-0.15, -0.1) is 12.8 Å². The lowest BCUT2D eigenvalue weighted by molar-refractivity contribution is 0.482. The van der Waals surface area contributed by atoms with Crippen LogP contribution in [0.25, 0.3) is 22.3 Å². The minimum atomic E-state index is -3.79. The Kier molecular flexibility index (Phi) is 8.20. The summed E-state index contributed by atoms with van der Waals surface area (Å²) in [5.74, 6) is 7.46. The van der Waals surface area contributed by atoms with E-state index in [0.29, 0.717) is 28.6 Å². The number of sulfone groups is 1. The monoisotopic (exact) mass is 602 g/mol. The van der Waals surface area contributed by atoms with Gasteiger partial charge in [0.1, 0.15) is 23.0 Å². The van der Waals surface area contributed by atoms with Gasteiger partial charge in [0.2, 0.25) is 9.84 Å². The zero-order chi connectivity index (χ0) is 31.2. The molecule has 6 rings (SSSR count). The first kappa shape index (κ1) is 29.1. The summed E-state index contributed by atoms with van der Waals surface area (Å²) in [7, 11) is -3.79. The second kappa shape index (κ2) is 12.7.